The molecule has 1 aliphatic heterocycles. The monoisotopic (exact) mass is 246 g/mol. The van der Waals surface area contributed by atoms with Crippen molar-refractivity contribution in [2.45, 2.75) is 25.8 Å². The Morgan fingerprint density at radius 1 is 1.33 bits per heavy atom. The average molecular weight is 246 g/mol. The number of nitrogens with zero attached hydrogens (tertiary/aromatic N) is 3. The number of pyridine rings is 1. The highest BCUT2D eigenvalue weighted by molar-refractivity contribution is 5.47. The first-order valence-corrected chi connectivity index (χ1v) is 6.48. The number of fused-ring (bicyclic) bond motifs is 1. The smallest absolute Gasteiger partial charge is 0.165 e. The Morgan fingerprint density at radius 2 is 2.17 bits per heavy atom. The zero-order chi connectivity index (χ0) is 12.4. The molecule has 5 nitrogen and oxygen atoms in total. The fourth-order valence-electron chi connectivity index (χ4n) is 2.53. The Hall–Kier alpha value is -1.46. The van der Waals surface area contributed by atoms with Crippen molar-refractivity contribution in [3.8, 4) is 0 Å². The Kier molecular flexibility index (Phi) is 3.25. The molecule has 0 saturated carbocycles. The molecule has 0 spiro atoms. The molecule has 0 radical (unpaired) electrons. The van der Waals surface area contributed by atoms with E-state index < -0.39 is 0 Å². The normalized spacial score (nSPS) is 17.4. The lowest BCUT2D eigenvalue weighted by Gasteiger charge is -2.20. The van der Waals surface area contributed by atoms with Crippen molar-refractivity contribution in [1.82, 2.24) is 14.6 Å². The van der Waals surface area contributed by atoms with E-state index in [9.17, 15) is 0 Å². The SMILES string of the molecule is NCc1cccn2c(CC3CCOCC3)nnc12. The Labute approximate surface area is 106 Å². The van der Waals surface area contributed by atoms with Crippen LogP contribution in [0.5, 0.6) is 0 Å². The molecular weight excluding hydrogens is 228 g/mol. The van der Waals surface area contributed by atoms with Crippen molar-refractivity contribution in [3.63, 3.8) is 0 Å². The molecule has 3 rings (SSSR count). The van der Waals surface area contributed by atoms with Gasteiger partial charge in [0.25, 0.3) is 0 Å². The van der Waals surface area contributed by atoms with E-state index in [1.807, 2.05) is 18.3 Å². The van der Waals surface area contributed by atoms with Gasteiger partial charge < -0.3 is 10.5 Å². The van der Waals surface area contributed by atoms with E-state index in [1.165, 1.54) is 0 Å². The van der Waals surface area contributed by atoms with Gasteiger partial charge in [-0.15, -0.1) is 10.2 Å². The summed E-state index contributed by atoms with van der Waals surface area (Å²) in [7, 11) is 0. The number of rotatable bonds is 3. The van der Waals surface area contributed by atoms with Crippen LogP contribution < -0.4 is 5.73 Å². The molecule has 2 aromatic heterocycles. The predicted octanol–water partition coefficient (Wildman–Crippen LogP) is 1.16. The lowest BCUT2D eigenvalue weighted by atomic mass is 9.96. The molecule has 0 aliphatic carbocycles. The van der Waals surface area contributed by atoms with E-state index in [4.69, 9.17) is 10.5 Å². The van der Waals surface area contributed by atoms with Crippen molar-refractivity contribution < 1.29 is 4.74 Å². The van der Waals surface area contributed by atoms with E-state index in [0.29, 0.717) is 12.5 Å². The molecule has 3 heterocycles. The molecular formula is C13H18N4O. The van der Waals surface area contributed by atoms with Gasteiger partial charge in [-0.2, -0.15) is 0 Å². The first-order valence-electron chi connectivity index (χ1n) is 6.48. The van der Waals surface area contributed by atoms with Crippen LogP contribution in [0.25, 0.3) is 5.65 Å². The highest BCUT2D eigenvalue weighted by Gasteiger charge is 2.17. The second kappa shape index (κ2) is 5.04. The van der Waals surface area contributed by atoms with Crippen molar-refractivity contribution in [2.24, 2.45) is 11.7 Å². The molecule has 0 aromatic carbocycles. The third-order valence-electron chi connectivity index (χ3n) is 3.62. The van der Waals surface area contributed by atoms with E-state index in [0.717, 1.165) is 49.5 Å². The predicted molar refractivity (Wildman–Crippen MR) is 68.1 cm³/mol. The summed E-state index contributed by atoms with van der Waals surface area (Å²) < 4.78 is 7.45. The fourth-order valence-corrected chi connectivity index (χ4v) is 2.53. The quantitative estimate of drug-likeness (QED) is 0.882. The molecule has 0 atom stereocenters. The summed E-state index contributed by atoms with van der Waals surface area (Å²) in [5, 5.41) is 8.57. The second-order valence-electron chi connectivity index (χ2n) is 4.81. The van der Waals surface area contributed by atoms with Crippen LogP contribution in [-0.4, -0.2) is 27.8 Å². The molecule has 0 amide bonds. The summed E-state index contributed by atoms with van der Waals surface area (Å²) in [6, 6.07) is 4.01. The lowest BCUT2D eigenvalue weighted by Crippen LogP contribution is -2.18. The van der Waals surface area contributed by atoms with Crippen LogP contribution in [0.15, 0.2) is 18.3 Å². The number of ether oxygens (including phenoxy) is 1. The van der Waals surface area contributed by atoms with Gasteiger partial charge in [-0.25, -0.2) is 0 Å². The summed E-state index contributed by atoms with van der Waals surface area (Å²) in [6.45, 7) is 2.24. The molecule has 1 saturated heterocycles. The summed E-state index contributed by atoms with van der Waals surface area (Å²) in [5.41, 5.74) is 7.65. The third kappa shape index (κ3) is 2.11. The molecule has 0 bridgehead atoms. The number of nitrogens with two attached hydrogens (primary N) is 1. The van der Waals surface area contributed by atoms with Gasteiger partial charge in [-0.05, 0) is 24.8 Å². The van der Waals surface area contributed by atoms with Crippen LogP contribution in [0.2, 0.25) is 0 Å². The van der Waals surface area contributed by atoms with E-state index in [-0.39, 0.29) is 0 Å². The zero-order valence-corrected chi connectivity index (χ0v) is 10.4. The van der Waals surface area contributed by atoms with Crippen LogP contribution in [0.1, 0.15) is 24.2 Å². The van der Waals surface area contributed by atoms with Crippen LogP contribution in [0.4, 0.5) is 0 Å². The minimum absolute atomic E-state index is 0.500. The molecule has 2 aromatic rings. The largest absolute Gasteiger partial charge is 0.381 e. The lowest BCUT2D eigenvalue weighted by molar-refractivity contribution is 0.0659. The summed E-state index contributed by atoms with van der Waals surface area (Å²) in [4.78, 5) is 0. The van der Waals surface area contributed by atoms with Gasteiger partial charge in [0.15, 0.2) is 5.65 Å². The van der Waals surface area contributed by atoms with Gasteiger partial charge in [0.05, 0.1) is 0 Å². The first kappa shape index (κ1) is 11.6. The molecule has 96 valence electrons. The fraction of sp³-hybridized carbons (Fsp3) is 0.538. The Bertz CT molecular complexity index is 531. The van der Waals surface area contributed by atoms with Crippen molar-refractivity contribution >= 4 is 5.65 Å². The maximum atomic E-state index is 5.71. The second-order valence-corrected chi connectivity index (χ2v) is 4.81. The van der Waals surface area contributed by atoms with Gasteiger partial charge in [0.1, 0.15) is 5.82 Å². The van der Waals surface area contributed by atoms with Crippen LogP contribution >= 0.6 is 0 Å². The highest BCUT2D eigenvalue weighted by Crippen LogP contribution is 2.20. The van der Waals surface area contributed by atoms with Crippen LogP contribution in [-0.2, 0) is 17.7 Å². The Morgan fingerprint density at radius 3 is 2.94 bits per heavy atom. The maximum Gasteiger partial charge on any atom is 0.165 e. The minimum Gasteiger partial charge on any atom is -0.381 e. The van der Waals surface area contributed by atoms with Gasteiger partial charge in [0.2, 0.25) is 0 Å². The molecule has 18 heavy (non-hydrogen) atoms. The first-order chi connectivity index (χ1) is 8.88. The minimum atomic E-state index is 0.500. The van der Waals surface area contributed by atoms with Crippen molar-refractivity contribution in [3.05, 3.63) is 29.7 Å². The van der Waals surface area contributed by atoms with E-state index in [2.05, 4.69) is 14.6 Å². The summed E-state index contributed by atoms with van der Waals surface area (Å²) >= 11 is 0. The van der Waals surface area contributed by atoms with Crippen molar-refractivity contribution in [1.29, 1.82) is 0 Å². The van der Waals surface area contributed by atoms with E-state index in [1.54, 1.807) is 0 Å². The molecule has 5 heteroatoms. The standard InChI is InChI=1S/C13H18N4O/c14-9-11-2-1-5-17-12(15-16-13(11)17)8-10-3-6-18-7-4-10/h1-2,5,10H,3-4,6-9,14H2. The van der Waals surface area contributed by atoms with Gasteiger partial charge in [0, 0.05) is 37.9 Å². The third-order valence-corrected chi connectivity index (χ3v) is 3.62. The molecule has 1 fully saturated rings. The topological polar surface area (TPSA) is 65.4 Å². The Balaban J connectivity index is 1.88. The molecule has 1 aliphatic rings. The summed E-state index contributed by atoms with van der Waals surface area (Å²) in [6.07, 6.45) is 5.22. The van der Waals surface area contributed by atoms with Crippen LogP contribution in [0, 0.1) is 5.92 Å². The van der Waals surface area contributed by atoms with Gasteiger partial charge >= 0.3 is 0 Å². The highest BCUT2D eigenvalue weighted by atomic mass is 16.5. The maximum absolute atomic E-state index is 5.71. The molecule has 2 N–H and O–H groups in total. The van der Waals surface area contributed by atoms with Gasteiger partial charge in [-0.1, -0.05) is 6.07 Å². The van der Waals surface area contributed by atoms with Crippen molar-refractivity contribution in [2.75, 3.05) is 13.2 Å². The number of hydrogen-bond donors (Lipinski definition) is 1. The summed E-state index contributed by atoms with van der Waals surface area (Å²) in [5.74, 6) is 1.69. The average Bonchev–Trinajstić information content (AvgIpc) is 2.83. The number of aromatic nitrogens is 3. The van der Waals surface area contributed by atoms with Crippen LogP contribution in [0.3, 0.4) is 0 Å². The van der Waals surface area contributed by atoms with Gasteiger partial charge in [-0.3, -0.25) is 4.40 Å². The number of hydrogen-bond acceptors (Lipinski definition) is 4. The zero-order valence-electron chi connectivity index (χ0n) is 10.4. The van der Waals surface area contributed by atoms with E-state index >= 15 is 0 Å². The molecule has 0 unspecified atom stereocenters.